The summed E-state index contributed by atoms with van der Waals surface area (Å²) < 4.78 is 43.8. The van der Waals surface area contributed by atoms with Gasteiger partial charge in [0.2, 0.25) is 0 Å². The number of sulfone groups is 1. The molecule has 0 aliphatic carbocycles. The maximum absolute atomic E-state index is 13.1. The Hall–Kier alpha value is -2.85. The summed E-state index contributed by atoms with van der Waals surface area (Å²) in [6.07, 6.45) is 1.10. The van der Waals surface area contributed by atoms with Crippen LogP contribution in [0.3, 0.4) is 0 Å². The highest BCUT2D eigenvalue weighted by molar-refractivity contribution is 7.90. The first-order chi connectivity index (χ1) is 13.7. The van der Waals surface area contributed by atoms with Crippen LogP contribution >= 0.6 is 11.3 Å². The molecule has 0 unspecified atom stereocenters. The fourth-order valence-electron chi connectivity index (χ4n) is 2.60. The maximum atomic E-state index is 13.1. The van der Waals surface area contributed by atoms with Gasteiger partial charge in [0.05, 0.1) is 21.7 Å². The van der Waals surface area contributed by atoms with E-state index in [4.69, 9.17) is 4.74 Å². The number of ether oxygens (including phenoxy) is 1. The molecule has 0 spiro atoms. The zero-order valence-electron chi connectivity index (χ0n) is 15.6. The van der Waals surface area contributed by atoms with Gasteiger partial charge in [0.25, 0.3) is 5.91 Å². The van der Waals surface area contributed by atoms with Crippen molar-refractivity contribution in [2.75, 3.05) is 12.9 Å². The molecular weight excluding hydrogens is 419 g/mol. The first kappa shape index (κ1) is 20.9. The molecule has 3 rings (SSSR count). The molecule has 0 fully saturated rings. The van der Waals surface area contributed by atoms with Crippen LogP contribution in [0.1, 0.15) is 17.3 Å². The Kier molecular flexibility index (Phi) is 5.94. The predicted molar refractivity (Wildman–Crippen MR) is 106 cm³/mol. The van der Waals surface area contributed by atoms with Gasteiger partial charge in [-0.15, -0.1) is 0 Å². The molecule has 3 aromatic rings. The van der Waals surface area contributed by atoms with Crippen LogP contribution in [-0.2, 0) is 25.9 Å². The van der Waals surface area contributed by atoms with Crippen molar-refractivity contribution >= 4 is 43.3 Å². The lowest BCUT2D eigenvalue weighted by atomic mass is 10.2. The molecule has 1 heterocycles. The van der Waals surface area contributed by atoms with Crippen LogP contribution in [0.5, 0.6) is 0 Å². The number of aromatic nitrogens is 1. The number of rotatable bonds is 5. The molecule has 7 nitrogen and oxygen atoms in total. The monoisotopic (exact) mass is 436 g/mol. The van der Waals surface area contributed by atoms with Crippen molar-refractivity contribution in [3.8, 4) is 0 Å². The van der Waals surface area contributed by atoms with E-state index in [1.54, 1.807) is 13.0 Å². The molecular formula is C19H17FN2O5S2. The van der Waals surface area contributed by atoms with Crippen molar-refractivity contribution in [3.63, 3.8) is 0 Å². The third-order valence-electron chi connectivity index (χ3n) is 3.96. The average molecular weight is 436 g/mol. The molecule has 10 heteroatoms. The van der Waals surface area contributed by atoms with Crippen LogP contribution < -0.4 is 4.80 Å². The van der Waals surface area contributed by atoms with E-state index in [2.05, 4.69) is 4.99 Å². The van der Waals surface area contributed by atoms with E-state index in [1.807, 2.05) is 0 Å². The van der Waals surface area contributed by atoms with Gasteiger partial charge >= 0.3 is 5.97 Å². The number of carbonyl (C=O) groups excluding carboxylic acids is 2. The minimum Gasteiger partial charge on any atom is -0.465 e. The molecule has 0 saturated heterocycles. The highest BCUT2D eigenvalue weighted by atomic mass is 32.2. The summed E-state index contributed by atoms with van der Waals surface area (Å²) in [4.78, 5) is 28.9. The summed E-state index contributed by atoms with van der Waals surface area (Å²) >= 11 is 1.07. The zero-order chi connectivity index (χ0) is 21.2. The first-order valence-electron chi connectivity index (χ1n) is 8.52. The second-order valence-electron chi connectivity index (χ2n) is 6.10. The second-order valence-corrected chi connectivity index (χ2v) is 9.13. The number of thiazole rings is 1. The Morgan fingerprint density at radius 3 is 2.48 bits per heavy atom. The van der Waals surface area contributed by atoms with Gasteiger partial charge in [-0.2, -0.15) is 4.99 Å². The Morgan fingerprint density at radius 2 is 1.86 bits per heavy atom. The lowest BCUT2D eigenvalue weighted by molar-refractivity contribution is -0.143. The predicted octanol–water partition coefficient (Wildman–Crippen LogP) is 2.55. The van der Waals surface area contributed by atoms with Gasteiger partial charge < -0.3 is 9.30 Å². The number of hydrogen-bond acceptors (Lipinski definition) is 6. The Bertz CT molecular complexity index is 1260. The Balaban J connectivity index is 2.16. The van der Waals surface area contributed by atoms with Gasteiger partial charge in [-0.25, -0.2) is 12.8 Å². The fraction of sp³-hybridized carbons (Fsp3) is 0.211. The van der Waals surface area contributed by atoms with E-state index < -0.39 is 27.5 Å². The van der Waals surface area contributed by atoms with Gasteiger partial charge in [-0.3, -0.25) is 9.59 Å². The Morgan fingerprint density at radius 1 is 1.17 bits per heavy atom. The van der Waals surface area contributed by atoms with Gasteiger partial charge in [0.15, 0.2) is 14.6 Å². The van der Waals surface area contributed by atoms with Crippen molar-refractivity contribution in [1.82, 2.24) is 4.57 Å². The summed E-state index contributed by atoms with van der Waals surface area (Å²) in [5, 5.41) is 0. The van der Waals surface area contributed by atoms with Gasteiger partial charge in [-0.05, 0) is 49.4 Å². The van der Waals surface area contributed by atoms with Crippen molar-refractivity contribution in [3.05, 3.63) is 58.6 Å². The van der Waals surface area contributed by atoms with Crippen LogP contribution in [-0.4, -0.2) is 37.7 Å². The second kappa shape index (κ2) is 8.26. The van der Waals surface area contributed by atoms with E-state index in [0.29, 0.717) is 10.2 Å². The third-order valence-corrected chi connectivity index (χ3v) is 6.11. The number of benzene rings is 2. The first-order valence-corrected chi connectivity index (χ1v) is 11.2. The number of fused-ring (bicyclic) bond motifs is 1. The van der Waals surface area contributed by atoms with Crippen LogP contribution in [0.15, 0.2) is 52.4 Å². The molecule has 0 atom stereocenters. The van der Waals surface area contributed by atoms with E-state index in [9.17, 15) is 22.4 Å². The van der Waals surface area contributed by atoms with Crippen LogP contribution in [0.4, 0.5) is 4.39 Å². The molecule has 29 heavy (non-hydrogen) atoms. The van der Waals surface area contributed by atoms with E-state index in [-0.39, 0.29) is 28.4 Å². The molecule has 152 valence electrons. The maximum Gasteiger partial charge on any atom is 0.326 e. The van der Waals surface area contributed by atoms with E-state index in [0.717, 1.165) is 29.7 Å². The lowest BCUT2D eigenvalue weighted by Gasteiger charge is -2.05. The topological polar surface area (TPSA) is 94.8 Å². The summed E-state index contributed by atoms with van der Waals surface area (Å²) in [6.45, 7) is 1.68. The molecule has 2 aromatic carbocycles. The number of hydrogen-bond donors (Lipinski definition) is 0. The number of amides is 1. The van der Waals surface area contributed by atoms with Crippen molar-refractivity contribution in [2.24, 2.45) is 4.99 Å². The largest absolute Gasteiger partial charge is 0.465 e. The minimum atomic E-state index is -3.43. The van der Waals surface area contributed by atoms with Gasteiger partial charge in [-0.1, -0.05) is 11.3 Å². The number of nitrogens with zero attached hydrogens (tertiary/aromatic N) is 2. The lowest BCUT2D eigenvalue weighted by Crippen LogP contribution is -2.23. The number of esters is 1. The summed E-state index contributed by atoms with van der Waals surface area (Å²) in [5.41, 5.74) is 0.726. The highest BCUT2D eigenvalue weighted by Gasteiger charge is 2.15. The van der Waals surface area contributed by atoms with Crippen LogP contribution in [0.2, 0.25) is 0 Å². The van der Waals surface area contributed by atoms with Crippen molar-refractivity contribution < 1.29 is 27.1 Å². The number of carbonyl (C=O) groups is 2. The standard InChI is InChI=1S/C19H17FN2O5S2/c1-3-27-17(23)11-22-15-9-8-14(29(2,25)26)10-16(15)28-19(22)21-18(24)12-4-6-13(20)7-5-12/h4-10H,3,11H2,1-2H3. The minimum absolute atomic E-state index is 0.117. The summed E-state index contributed by atoms with van der Waals surface area (Å²) in [6, 6.07) is 9.38. The summed E-state index contributed by atoms with van der Waals surface area (Å²) in [7, 11) is -3.43. The van der Waals surface area contributed by atoms with E-state index >= 15 is 0 Å². The molecule has 1 amide bonds. The van der Waals surface area contributed by atoms with Crippen LogP contribution in [0, 0.1) is 5.82 Å². The third kappa shape index (κ3) is 4.77. The molecule has 0 aliphatic rings. The normalized spacial score (nSPS) is 12.3. The molecule has 0 N–H and O–H groups in total. The summed E-state index contributed by atoms with van der Waals surface area (Å²) in [5.74, 6) is -1.61. The van der Waals surface area contributed by atoms with Crippen molar-refractivity contribution in [2.45, 2.75) is 18.4 Å². The smallest absolute Gasteiger partial charge is 0.326 e. The number of halogens is 1. The quantitative estimate of drug-likeness (QED) is 0.573. The average Bonchev–Trinajstić information content (AvgIpc) is 2.98. The molecule has 0 bridgehead atoms. The highest BCUT2D eigenvalue weighted by Crippen LogP contribution is 2.22. The van der Waals surface area contributed by atoms with Gasteiger partial charge in [0, 0.05) is 11.8 Å². The van der Waals surface area contributed by atoms with Crippen molar-refractivity contribution in [1.29, 1.82) is 0 Å². The zero-order valence-corrected chi connectivity index (χ0v) is 17.2. The fourth-order valence-corrected chi connectivity index (χ4v) is 4.39. The van der Waals surface area contributed by atoms with Gasteiger partial charge in [0.1, 0.15) is 12.4 Å². The molecule has 1 aromatic heterocycles. The molecule has 0 aliphatic heterocycles. The van der Waals surface area contributed by atoms with Crippen LogP contribution in [0.25, 0.3) is 10.2 Å². The Labute approximate surface area is 170 Å². The molecule has 0 radical (unpaired) electrons. The SMILES string of the molecule is CCOC(=O)Cn1c(=NC(=O)c2ccc(F)cc2)sc2cc(S(C)(=O)=O)ccc21. The van der Waals surface area contributed by atoms with E-state index in [1.165, 1.54) is 28.8 Å². The molecule has 0 saturated carbocycles.